The number of nitrogens with zero attached hydrogens (tertiary/aromatic N) is 2. The minimum atomic E-state index is 0.0478. The maximum absolute atomic E-state index is 10.9. The van der Waals surface area contributed by atoms with Gasteiger partial charge in [0.05, 0.1) is 7.11 Å². The van der Waals surface area contributed by atoms with Crippen molar-refractivity contribution in [3.63, 3.8) is 0 Å². The molecule has 0 N–H and O–H groups in total. The predicted octanol–water partition coefficient (Wildman–Crippen LogP) is 1.50. The number of ether oxygens (including phenoxy) is 1. The zero-order chi connectivity index (χ0) is 10.6. The van der Waals surface area contributed by atoms with E-state index >= 15 is 0 Å². The fourth-order valence-electron chi connectivity index (χ4n) is 1.30. The van der Waals surface area contributed by atoms with Crippen LogP contribution in [-0.2, 0) is 9.53 Å². The third-order valence-electron chi connectivity index (χ3n) is 2.01. The molecule has 0 aromatic carbocycles. The Morgan fingerprint density at radius 1 is 1.64 bits per heavy atom. The minimum absolute atomic E-state index is 0.0478. The van der Waals surface area contributed by atoms with E-state index in [1.54, 1.807) is 19.3 Å². The maximum Gasteiger partial charge on any atom is 0.303 e. The highest BCUT2D eigenvalue weighted by Crippen LogP contribution is 2.17. The average Bonchev–Trinajstić information content (AvgIpc) is 2.17. The van der Waals surface area contributed by atoms with E-state index in [0.717, 1.165) is 11.3 Å². The topological polar surface area (TPSA) is 62.7 Å². The van der Waals surface area contributed by atoms with Gasteiger partial charge in [-0.15, -0.1) is 0 Å². The number of hydrogen-bond acceptors (Lipinski definition) is 2. The Bertz CT molecular complexity index is 360. The summed E-state index contributed by atoms with van der Waals surface area (Å²) >= 11 is 0. The number of rotatable bonds is 3. The molecule has 1 rings (SSSR count). The molecular weight excluding hydrogens is 180 g/mol. The summed E-state index contributed by atoms with van der Waals surface area (Å²) in [5.74, 6) is 0.775. The zero-order valence-corrected chi connectivity index (χ0v) is 8.28. The summed E-state index contributed by atoms with van der Waals surface area (Å²) in [7, 11) is 1.56. The second-order valence-electron chi connectivity index (χ2n) is 3.13. The Hall–Kier alpha value is -1.67. The van der Waals surface area contributed by atoms with Crippen LogP contribution in [0.2, 0.25) is 0 Å². The van der Waals surface area contributed by atoms with E-state index in [-0.39, 0.29) is 5.78 Å². The lowest BCUT2D eigenvalue weighted by Crippen LogP contribution is -2.12. The molecule has 0 unspecified atom stereocenters. The average molecular weight is 192 g/mol. The van der Waals surface area contributed by atoms with Gasteiger partial charge in [-0.1, -0.05) is 0 Å². The second-order valence-corrected chi connectivity index (χ2v) is 3.13. The van der Waals surface area contributed by atoms with Crippen LogP contribution in [0.25, 0.3) is 5.53 Å². The molecule has 0 saturated carbocycles. The quantitative estimate of drug-likeness (QED) is 0.502. The summed E-state index contributed by atoms with van der Waals surface area (Å²) in [5.41, 5.74) is 9.99. The van der Waals surface area contributed by atoms with E-state index in [1.165, 1.54) is 6.92 Å². The first-order valence-electron chi connectivity index (χ1n) is 4.32. The van der Waals surface area contributed by atoms with Crippen LogP contribution in [-0.4, -0.2) is 23.4 Å². The lowest BCUT2D eigenvalue weighted by atomic mass is 9.97. The zero-order valence-electron chi connectivity index (χ0n) is 8.28. The molecule has 74 valence electrons. The van der Waals surface area contributed by atoms with Gasteiger partial charge in [-0.2, -0.15) is 4.79 Å². The standard InChI is InChI=1S/C10H12N2O2/c1-7(13)5-8-3-4-9(14-2)6-10(8)12-11/h3-4H,5-6H2,1-2H3. The van der Waals surface area contributed by atoms with Crippen molar-refractivity contribution in [3.05, 3.63) is 29.0 Å². The van der Waals surface area contributed by atoms with Crippen LogP contribution >= 0.6 is 0 Å². The molecule has 0 fully saturated rings. The molecule has 4 heteroatoms. The summed E-state index contributed by atoms with van der Waals surface area (Å²) in [5, 5.41) is 0. The summed E-state index contributed by atoms with van der Waals surface area (Å²) < 4.78 is 5.02. The fourth-order valence-corrected chi connectivity index (χ4v) is 1.30. The van der Waals surface area contributed by atoms with Gasteiger partial charge < -0.3 is 10.3 Å². The van der Waals surface area contributed by atoms with Gasteiger partial charge in [0.15, 0.2) is 0 Å². The molecule has 0 aliphatic heterocycles. The number of methoxy groups -OCH3 is 1. The van der Waals surface area contributed by atoms with Crippen molar-refractivity contribution in [3.8, 4) is 0 Å². The van der Waals surface area contributed by atoms with Crippen LogP contribution in [0.5, 0.6) is 0 Å². The number of ketones is 1. The Labute approximate surface area is 82.5 Å². The highest BCUT2D eigenvalue weighted by molar-refractivity contribution is 6.02. The number of carbonyl (C=O) groups excluding carboxylic acids is 1. The highest BCUT2D eigenvalue weighted by Gasteiger charge is 2.22. The highest BCUT2D eigenvalue weighted by atomic mass is 16.5. The Balaban J connectivity index is 2.91. The van der Waals surface area contributed by atoms with E-state index in [0.29, 0.717) is 18.6 Å². The van der Waals surface area contributed by atoms with Crippen LogP contribution in [0, 0.1) is 0 Å². The van der Waals surface area contributed by atoms with E-state index in [1.807, 2.05) is 0 Å². The van der Waals surface area contributed by atoms with Gasteiger partial charge >= 0.3 is 5.71 Å². The van der Waals surface area contributed by atoms with Crippen molar-refractivity contribution in [1.82, 2.24) is 0 Å². The van der Waals surface area contributed by atoms with Crippen molar-refractivity contribution < 1.29 is 14.3 Å². The molecule has 1 aliphatic rings. The normalized spacial score (nSPS) is 15.4. The molecule has 4 nitrogen and oxygen atoms in total. The van der Waals surface area contributed by atoms with Crippen LogP contribution < -0.4 is 0 Å². The van der Waals surface area contributed by atoms with Gasteiger partial charge in [-0.3, -0.25) is 4.79 Å². The van der Waals surface area contributed by atoms with Crippen LogP contribution in [0.15, 0.2) is 23.5 Å². The first-order valence-corrected chi connectivity index (χ1v) is 4.32. The van der Waals surface area contributed by atoms with Gasteiger partial charge in [-0.05, 0) is 19.1 Å². The molecule has 0 aromatic heterocycles. The lowest BCUT2D eigenvalue weighted by Gasteiger charge is -2.08. The molecule has 1 aliphatic carbocycles. The van der Waals surface area contributed by atoms with E-state index in [4.69, 9.17) is 10.3 Å². The molecule has 0 saturated heterocycles. The predicted molar refractivity (Wildman–Crippen MR) is 51.7 cm³/mol. The van der Waals surface area contributed by atoms with E-state index < -0.39 is 0 Å². The molecule has 14 heavy (non-hydrogen) atoms. The second kappa shape index (κ2) is 4.53. The number of carbonyl (C=O) groups is 1. The van der Waals surface area contributed by atoms with Crippen molar-refractivity contribution >= 4 is 11.5 Å². The number of Topliss-reactive ketones (excluding diaryl/α,β-unsaturated/α-hetero) is 1. The molecule has 0 radical (unpaired) electrons. The monoisotopic (exact) mass is 192 g/mol. The van der Waals surface area contributed by atoms with Crippen molar-refractivity contribution in [2.24, 2.45) is 0 Å². The molecule has 0 spiro atoms. The smallest absolute Gasteiger partial charge is 0.303 e. The molecule has 0 atom stereocenters. The van der Waals surface area contributed by atoms with Crippen molar-refractivity contribution in [2.75, 3.05) is 7.11 Å². The number of hydrogen-bond donors (Lipinski definition) is 0. The fraction of sp³-hybridized carbons (Fsp3) is 0.400. The summed E-state index contributed by atoms with van der Waals surface area (Å²) in [6, 6.07) is 0. The molecule has 0 aromatic rings. The SMILES string of the molecule is COC1=CC=C(CC(C)=O)C(=[N+]=[N-])C1. The van der Waals surface area contributed by atoms with Crippen LogP contribution in [0.4, 0.5) is 0 Å². The summed E-state index contributed by atoms with van der Waals surface area (Å²) in [6.07, 6.45) is 4.27. The van der Waals surface area contributed by atoms with E-state index in [2.05, 4.69) is 4.79 Å². The van der Waals surface area contributed by atoms with Gasteiger partial charge in [0, 0.05) is 12.0 Å². The Morgan fingerprint density at radius 3 is 2.86 bits per heavy atom. The Morgan fingerprint density at radius 2 is 2.36 bits per heavy atom. The molecular formula is C10H12N2O2. The molecule has 0 bridgehead atoms. The van der Waals surface area contributed by atoms with Gasteiger partial charge in [0.2, 0.25) is 0 Å². The summed E-state index contributed by atoms with van der Waals surface area (Å²) in [4.78, 5) is 14.1. The third-order valence-corrected chi connectivity index (χ3v) is 2.01. The molecule has 0 heterocycles. The van der Waals surface area contributed by atoms with Gasteiger partial charge in [-0.25, -0.2) is 0 Å². The molecule has 0 amide bonds. The van der Waals surface area contributed by atoms with Crippen molar-refractivity contribution in [1.29, 1.82) is 0 Å². The third kappa shape index (κ3) is 2.41. The number of allylic oxidation sites excluding steroid dienone is 4. The first-order chi connectivity index (χ1) is 6.67. The maximum atomic E-state index is 10.9. The van der Waals surface area contributed by atoms with Crippen LogP contribution in [0.1, 0.15) is 19.8 Å². The first kappa shape index (κ1) is 10.4. The van der Waals surface area contributed by atoms with Gasteiger partial charge in [0.25, 0.3) is 0 Å². The van der Waals surface area contributed by atoms with Crippen LogP contribution in [0.3, 0.4) is 0 Å². The lowest BCUT2D eigenvalue weighted by molar-refractivity contribution is -0.116. The van der Waals surface area contributed by atoms with Gasteiger partial charge in [0.1, 0.15) is 18.0 Å². The Kier molecular flexibility index (Phi) is 3.37. The van der Waals surface area contributed by atoms with E-state index in [9.17, 15) is 4.79 Å². The summed E-state index contributed by atoms with van der Waals surface area (Å²) in [6.45, 7) is 1.51. The van der Waals surface area contributed by atoms with Crippen molar-refractivity contribution in [2.45, 2.75) is 19.8 Å². The largest absolute Gasteiger partial charge is 0.500 e. The minimum Gasteiger partial charge on any atom is -0.500 e.